The maximum Gasteiger partial charge on any atom is 0.243 e. The van der Waals surface area contributed by atoms with Gasteiger partial charge in [0, 0.05) is 17.9 Å². The molecule has 1 aliphatic heterocycles. The molecule has 3 nitrogen and oxygen atoms in total. The average molecular weight is 332 g/mol. The Hall–Kier alpha value is -0.390. The fourth-order valence-corrected chi connectivity index (χ4v) is 4.99. The smallest absolute Gasteiger partial charge is 0.207 e. The quantitative estimate of drug-likeness (QED) is 0.795. The van der Waals surface area contributed by atoms with Crippen molar-refractivity contribution in [2.24, 2.45) is 0 Å². The van der Waals surface area contributed by atoms with Gasteiger partial charge in [0.15, 0.2) is 0 Å². The van der Waals surface area contributed by atoms with E-state index in [1.807, 2.05) is 19.1 Å². The topological polar surface area (TPSA) is 37.4 Å². The summed E-state index contributed by atoms with van der Waals surface area (Å²) in [6.45, 7) is 2.50. The summed E-state index contributed by atoms with van der Waals surface area (Å²) in [5, 5.41) is 0.845. The fraction of sp³-hybridized carbons (Fsp3) is 0.538. The van der Waals surface area contributed by atoms with Crippen LogP contribution in [0.4, 0.5) is 0 Å². The van der Waals surface area contributed by atoms with Crippen molar-refractivity contribution < 1.29 is 8.42 Å². The molecule has 1 saturated heterocycles. The lowest BCUT2D eigenvalue weighted by Crippen LogP contribution is -2.36. The van der Waals surface area contributed by atoms with Crippen molar-refractivity contribution in [2.75, 3.05) is 11.9 Å². The van der Waals surface area contributed by atoms with Crippen LogP contribution in [0.25, 0.3) is 0 Å². The zero-order chi connectivity index (χ0) is 13.2. The van der Waals surface area contributed by atoms with Crippen LogP contribution in [-0.2, 0) is 10.0 Å². The fourth-order valence-electron chi connectivity index (χ4n) is 2.51. The molecule has 18 heavy (non-hydrogen) atoms. The van der Waals surface area contributed by atoms with Gasteiger partial charge in [-0.15, -0.1) is 0 Å². The molecular formula is C13H18BrNO2S. The summed E-state index contributed by atoms with van der Waals surface area (Å²) in [5.41, 5.74) is 0.821. The Kier molecular flexibility index (Phi) is 4.45. The first kappa shape index (κ1) is 14.0. The zero-order valence-electron chi connectivity index (χ0n) is 10.5. The van der Waals surface area contributed by atoms with E-state index in [-0.39, 0.29) is 6.04 Å². The van der Waals surface area contributed by atoms with Crippen LogP contribution in [0.1, 0.15) is 24.8 Å². The van der Waals surface area contributed by atoms with Gasteiger partial charge in [-0.2, -0.15) is 4.31 Å². The summed E-state index contributed by atoms with van der Waals surface area (Å²) in [7, 11) is -3.33. The second kappa shape index (κ2) is 5.72. The van der Waals surface area contributed by atoms with E-state index in [2.05, 4.69) is 15.9 Å². The predicted octanol–water partition coefficient (Wildman–Crippen LogP) is 2.93. The maximum atomic E-state index is 12.7. The van der Waals surface area contributed by atoms with Crippen molar-refractivity contribution in [2.45, 2.75) is 37.1 Å². The first-order chi connectivity index (χ1) is 8.57. The lowest BCUT2D eigenvalue weighted by Gasteiger charge is -2.24. The van der Waals surface area contributed by atoms with Crippen LogP contribution in [0.2, 0.25) is 0 Å². The maximum absolute atomic E-state index is 12.7. The van der Waals surface area contributed by atoms with E-state index < -0.39 is 10.0 Å². The number of hydrogen-bond acceptors (Lipinski definition) is 2. The lowest BCUT2D eigenvalue weighted by atomic mass is 10.2. The minimum absolute atomic E-state index is 0.147. The number of benzene rings is 1. The molecule has 100 valence electrons. The Bertz CT molecular complexity index is 515. The van der Waals surface area contributed by atoms with Gasteiger partial charge in [-0.3, -0.25) is 0 Å². The Morgan fingerprint density at radius 3 is 2.78 bits per heavy atom. The van der Waals surface area contributed by atoms with Gasteiger partial charge in [0.05, 0.1) is 4.90 Å². The molecule has 1 aromatic rings. The van der Waals surface area contributed by atoms with Crippen molar-refractivity contribution in [3.05, 3.63) is 29.8 Å². The van der Waals surface area contributed by atoms with Crippen molar-refractivity contribution in [3.63, 3.8) is 0 Å². The van der Waals surface area contributed by atoms with Gasteiger partial charge in [0.1, 0.15) is 0 Å². The summed E-state index contributed by atoms with van der Waals surface area (Å²) >= 11 is 3.40. The third kappa shape index (κ3) is 2.63. The molecule has 0 saturated carbocycles. The lowest BCUT2D eigenvalue weighted by molar-refractivity contribution is 0.381. The standard InChI is InChI=1S/C13H18BrNO2S/c1-11-5-2-3-7-13(11)18(16,17)15-10-4-6-12(15)8-9-14/h2-3,5,7,12H,4,6,8-10H2,1H3. The molecule has 1 aromatic carbocycles. The Labute approximate surface area is 117 Å². The van der Waals surface area contributed by atoms with Gasteiger partial charge in [-0.25, -0.2) is 8.42 Å². The first-order valence-electron chi connectivity index (χ1n) is 6.21. The molecule has 2 rings (SSSR count). The van der Waals surface area contributed by atoms with E-state index in [4.69, 9.17) is 0 Å². The zero-order valence-corrected chi connectivity index (χ0v) is 12.9. The normalized spacial score (nSPS) is 21.3. The Morgan fingerprint density at radius 2 is 2.11 bits per heavy atom. The van der Waals surface area contributed by atoms with E-state index >= 15 is 0 Å². The first-order valence-corrected chi connectivity index (χ1v) is 8.77. The molecule has 1 heterocycles. The SMILES string of the molecule is Cc1ccccc1S(=O)(=O)N1CCCC1CCBr. The molecular weight excluding hydrogens is 314 g/mol. The van der Waals surface area contributed by atoms with E-state index in [0.717, 1.165) is 30.2 Å². The van der Waals surface area contributed by atoms with Crippen LogP contribution < -0.4 is 0 Å². The van der Waals surface area contributed by atoms with Crippen LogP contribution >= 0.6 is 15.9 Å². The Balaban J connectivity index is 2.34. The van der Waals surface area contributed by atoms with Crippen molar-refractivity contribution in [1.82, 2.24) is 4.31 Å². The third-order valence-electron chi connectivity index (χ3n) is 3.45. The second-order valence-corrected chi connectivity index (χ2v) is 7.31. The highest BCUT2D eigenvalue weighted by atomic mass is 79.9. The number of alkyl halides is 1. The summed E-state index contributed by atoms with van der Waals surface area (Å²) in [6, 6.07) is 7.36. The van der Waals surface area contributed by atoms with Gasteiger partial charge in [0.25, 0.3) is 0 Å². The largest absolute Gasteiger partial charge is 0.243 e. The van der Waals surface area contributed by atoms with E-state index in [1.54, 1.807) is 16.4 Å². The van der Waals surface area contributed by atoms with Gasteiger partial charge in [0.2, 0.25) is 10.0 Å². The number of aryl methyl sites for hydroxylation is 1. The second-order valence-electron chi connectivity index (χ2n) is 4.65. The summed E-state index contributed by atoms with van der Waals surface area (Å²) in [4.78, 5) is 0.450. The molecule has 1 unspecified atom stereocenters. The molecule has 0 bridgehead atoms. The molecule has 1 atom stereocenters. The molecule has 0 N–H and O–H groups in total. The van der Waals surface area contributed by atoms with Gasteiger partial charge >= 0.3 is 0 Å². The molecule has 0 aromatic heterocycles. The van der Waals surface area contributed by atoms with Crippen LogP contribution in [0.3, 0.4) is 0 Å². The minimum Gasteiger partial charge on any atom is -0.207 e. The molecule has 1 aliphatic rings. The minimum atomic E-state index is -3.33. The number of hydrogen-bond donors (Lipinski definition) is 0. The number of sulfonamides is 1. The molecule has 5 heteroatoms. The van der Waals surface area contributed by atoms with Gasteiger partial charge in [-0.1, -0.05) is 34.1 Å². The van der Waals surface area contributed by atoms with Crippen LogP contribution in [0, 0.1) is 6.92 Å². The highest BCUT2D eigenvalue weighted by Gasteiger charge is 2.35. The average Bonchev–Trinajstić information content (AvgIpc) is 2.79. The third-order valence-corrected chi connectivity index (χ3v) is 6.02. The highest BCUT2D eigenvalue weighted by Crippen LogP contribution is 2.29. The number of halogens is 1. The summed E-state index contributed by atoms with van der Waals surface area (Å²) in [6.07, 6.45) is 2.81. The molecule has 0 amide bonds. The monoisotopic (exact) mass is 331 g/mol. The van der Waals surface area contributed by atoms with E-state index in [0.29, 0.717) is 11.4 Å². The number of rotatable bonds is 4. The predicted molar refractivity (Wildman–Crippen MR) is 76.5 cm³/mol. The van der Waals surface area contributed by atoms with Crippen molar-refractivity contribution >= 4 is 26.0 Å². The molecule has 0 radical (unpaired) electrons. The molecule has 1 fully saturated rings. The Morgan fingerprint density at radius 1 is 1.39 bits per heavy atom. The van der Waals surface area contributed by atoms with E-state index in [9.17, 15) is 8.42 Å². The molecule has 0 spiro atoms. The van der Waals surface area contributed by atoms with E-state index in [1.165, 1.54) is 0 Å². The summed E-state index contributed by atoms with van der Waals surface area (Å²) < 4.78 is 27.0. The highest BCUT2D eigenvalue weighted by molar-refractivity contribution is 9.09. The van der Waals surface area contributed by atoms with Crippen LogP contribution in [0.5, 0.6) is 0 Å². The van der Waals surface area contributed by atoms with Crippen LogP contribution in [0.15, 0.2) is 29.2 Å². The van der Waals surface area contributed by atoms with Crippen molar-refractivity contribution in [3.8, 4) is 0 Å². The van der Waals surface area contributed by atoms with Crippen LogP contribution in [-0.4, -0.2) is 30.6 Å². The van der Waals surface area contributed by atoms with Crippen molar-refractivity contribution in [1.29, 1.82) is 0 Å². The number of nitrogens with zero attached hydrogens (tertiary/aromatic N) is 1. The van der Waals surface area contributed by atoms with Gasteiger partial charge in [-0.05, 0) is 37.8 Å². The van der Waals surface area contributed by atoms with Gasteiger partial charge < -0.3 is 0 Å². The molecule has 0 aliphatic carbocycles. The summed E-state index contributed by atoms with van der Waals surface area (Å²) in [5.74, 6) is 0.